The van der Waals surface area contributed by atoms with Crippen LogP contribution < -0.4 is 10.2 Å². The Morgan fingerprint density at radius 2 is 1.79 bits per heavy atom. The second-order valence-corrected chi connectivity index (χ2v) is 8.05. The van der Waals surface area contributed by atoms with Crippen LogP contribution in [0.3, 0.4) is 0 Å². The average molecular weight is 403 g/mol. The highest BCUT2D eigenvalue weighted by Crippen LogP contribution is 2.40. The summed E-state index contributed by atoms with van der Waals surface area (Å²) in [4.78, 5) is 10.3. The van der Waals surface area contributed by atoms with Crippen molar-refractivity contribution in [3.8, 4) is 6.07 Å². The van der Waals surface area contributed by atoms with Crippen LogP contribution in [0.25, 0.3) is 11.0 Å². The van der Waals surface area contributed by atoms with Crippen molar-refractivity contribution in [2.45, 2.75) is 44.3 Å². The van der Waals surface area contributed by atoms with Gasteiger partial charge < -0.3 is 10.2 Å². The van der Waals surface area contributed by atoms with E-state index in [0.717, 1.165) is 25.7 Å². The van der Waals surface area contributed by atoms with E-state index in [1.807, 2.05) is 0 Å². The number of nitrogens with one attached hydrogen (secondary N) is 1. The summed E-state index contributed by atoms with van der Waals surface area (Å²) in [6, 6.07) is 5.71. The Morgan fingerprint density at radius 3 is 2.48 bits per heavy atom. The molecule has 1 aliphatic heterocycles. The Bertz CT molecular complexity index is 901. The number of hydrogen-bond donors (Lipinski definition) is 1. The summed E-state index contributed by atoms with van der Waals surface area (Å²) in [5.41, 5.74) is 1.90. The third-order valence-corrected chi connectivity index (χ3v) is 6.20. The maximum Gasteiger partial charge on any atom is 0.393 e. The van der Waals surface area contributed by atoms with Gasteiger partial charge in [0.25, 0.3) is 0 Å². The van der Waals surface area contributed by atoms with E-state index in [2.05, 4.69) is 21.4 Å². The molecular formula is C21H24F3N5. The lowest BCUT2D eigenvalue weighted by atomic mass is 9.92. The molecule has 2 atom stereocenters. The number of halogens is 3. The Morgan fingerprint density at radius 1 is 1.07 bits per heavy atom. The molecule has 2 heterocycles. The van der Waals surface area contributed by atoms with Crippen LogP contribution in [-0.2, 0) is 0 Å². The summed E-state index contributed by atoms with van der Waals surface area (Å²) in [5.74, 6) is -1.90. The first kappa shape index (κ1) is 19.9. The number of anilines is 1. The molecule has 0 radical (unpaired) electrons. The Kier molecular flexibility index (Phi) is 5.59. The van der Waals surface area contributed by atoms with E-state index in [9.17, 15) is 18.4 Å². The molecule has 4 rings (SSSR count). The summed E-state index contributed by atoms with van der Waals surface area (Å²) < 4.78 is 41.3. The first-order valence-electron chi connectivity index (χ1n) is 10.2. The summed E-state index contributed by atoms with van der Waals surface area (Å²) in [7, 11) is 0. The van der Waals surface area contributed by atoms with Crippen molar-refractivity contribution in [2.75, 3.05) is 24.5 Å². The zero-order valence-electron chi connectivity index (χ0n) is 16.1. The van der Waals surface area contributed by atoms with Gasteiger partial charge in [0.15, 0.2) is 0 Å². The second kappa shape index (κ2) is 8.15. The lowest BCUT2D eigenvalue weighted by Crippen LogP contribution is -2.40. The Balaban J connectivity index is 1.57. The number of hydrogen-bond acceptors (Lipinski definition) is 5. The molecule has 2 fully saturated rings. The fourth-order valence-corrected chi connectivity index (χ4v) is 4.66. The van der Waals surface area contributed by atoms with E-state index in [1.165, 1.54) is 18.8 Å². The molecule has 0 unspecified atom stereocenters. The average Bonchev–Trinajstić information content (AvgIpc) is 3.17. The molecule has 0 spiro atoms. The summed E-state index contributed by atoms with van der Waals surface area (Å²) in [6.07, 6.45) is 4.35. The van der Waals surface area contributed by atoms with Gasteiger partial charge in [-0.3, -0.25) is 9.97 Å². The number of aromatic nitrogens is 2. The molecule has 0 amide bonds. The van der Waals surface area contributed by atoms with Crippen LogP contribution in [0.2, 0.25) is 0 Å². The quantitative estimate of drug-likeness (QED) is 0.835. The summed E-state index contributed by atoms with van der Waals surface area (Å²) in [6.45, 7) is 0.574. The lowest BCUT2D eigenvalue weighted by molar-refractivity contribution is -0.178. The number of fused-ring (bicyclic) bond motifs is 1. The fraction of sp³-hybridized carbons (Fsp3) is 0.571. The number of rotatable bonds is 4. The van der Waals surface area contributed by atoms with Gasteiger partial charge in [0.05, 0.1) is 17.2 Å². The van der Waals surface area contributed by atoms with Gasteiger partial charge in [0, 0.05) is 44.0 Å². The van der Waals surface area contributed by atoms with Gasteiger partial charge in [0.1, 0.15) is 17.1 Å². The van der Waals surface area contributed by atoms with Crippen molar-refractivity contribution < 1.29 is 13.2 Å². The molecule has 5 nitrogen and oxygen atoms in total. The first-order chi connectivity index (χ1) is 14.0. The zero-order valence-corrected chi connectivity index (χ0v) is 16.1. The smallest absolute Gasteiger partial charge is 0.369 e. The van der Waals surface area contributed by atoms with Gasteiger partial charge >= 0.3 is 6.18 Å². The van der Waals surface area contributed by atoms with Crippen molar-refractivity contribution in [1.82, 2.24) is 15.3 Å². The monoisotopic (exact) mass is 403 g/mol. The molecule has 2 aromatic rings. The SMILES string of the molecule is N#Cc1ccc(N2C[C@H](CNC3CCCCC3)[C@@H](C(F)(F)F)C2)c2nccnc12. The van der Waals surface area contributed by atoms with Gasteiger partial charge in [0.2, 0.25) is 0 Å². The van der Waals surface area contributed by atoms with Gasteiger partial charge in [-0.25, -0.2) is 0 Å². The Hall–Kier alpha value is -2.40. The molecule has 8 heteroatoms. The van der Waals surface area contributed by atoms with Crippen LogP contribution in [0.15, 0.2) is 24.5 Å². The van der Waals surface area contributed by atoms with E-state index in [0.29, 0.717) is 41.4 Å². The summed E-state index contributed by atoms with van der Waals surface area (Å²) >= 11 is 0. The zero-order chi connectivity index (χ0) is 20.4. The number of alkyl halides is 3. The second-order valence-electron chi connectivity index (χ2n) is 8.05. The molecule has 1 saturated heterocycles. The van der Waals surface area contributed by atoms with Gasteiger partial charge in [-0.05, 0) is 25.0 Å². The van der Waals surface area contributed by atoms with Gasteiger partial charge in [-0.2, -0.15) is 18.4 Å². The molecule has 29 heavy (non-hydrogen) atoms. The van der Waals surface area contributed by atoms with E-state index in [-0.39, 0.29) is 6.54 Å². The van der Waals surface area contributed by atoms with Crippen molar-refractivity contribution >= 4 is 16.7 Å². The topological polar surface area (TPSA) is 64.8 Å². The third-order valence-electron chi connectivity index (χ3n) is 6.20. The van der Waals surface area contributed by atoms with Crippen LogP contribution in [0, 0.1) is 23.2 Å². The molecule has 1 aromatic carbocycles. The molecule has 1 aliphatic carbocycles. The van der Waals surface area contributed by atoms with E-state index < -0.39 is 18.0 Å². The number of benzene rings is 1. The molecule has 1 N–H and O–H groups in total. The van der Waals surface area contributed by atoms with Crippen molar-refractivity contribution in [1.29, 1.82) is 5.26 Å². The van der Waals surface area contributed by atoms with Crippen molar-refractivity contribution in [2.24, 2.45) is 11.8 Å². The van der Waals surface area contributed by atoms with Crippen LogP contribution in [0.5, 0.6) is 0 Å². The third kappa shape index (κ3) is 4.15. The van der Waals surface area contributed by atoms with Crippen molar-refractivity contribution in [3.63, 3.8) is 0 Å². The minimum atomic E-state index is -4.25. The highest BCUT2D eigenvalue weighted by molar-refractivity contribution is 5.92. The van der Waals surface area contributed by atoms with E-state index >= 15 is 0 Å². The van der Waals surface area contributed by atoms with Gasteiger partial charge in [-0.15, -0.1) is 0 Å². The maximum absolute atomic E-state index is 13.8. The number of nitrogens with zero attached hydrogens (tertiary/aromatic N) is 4. The van der Waals surface area contributed by atoms with Crippen LogP contribution in [0.1, 0.15) is 37.7 Å². The minimum absolute atomic E-state index is 0.0991. The lowest BCUT2D eigenvalue weighted by Gasteiger charge is -2.27. The van der Waals surface area contributed by atoms with Gasteiger partial charge in [-0.1, -0.05) is 19.3 Å². The number of nitriles is 1. The highest BCUT2D eigenvalue weighted by atomic mass is 19.4. The first-order valence-corrected chi connectivity index (χ1v) is 10.2. The van der Waals surface area contributed by atoms with Crippen LogP contribution in [-0.4, -0.2) is 41.8 Å². The molecule has 1 saturated carbocycles. The van der Waals surface area contributed by atoms with E-state index in [1.54, 1.807) is 17.0 Å². The molecular weight excluding hydrogens is 379 g/mol. The molecule has 0 bridgehead atoms. The van der Waals surface area contributed by atoms with Crippen LogP contribution in [0.4, 0.5) is 18.9 Å². The minimum Gasteiger partial charge on any atom is -0.369 e. The highest BCUT2D eigenvalue weighted by Gasteiger charge is 2.49. The molecule has 154 valence electrons. The van der Waals surface area contributed by atoms with Crippen LogP contribution >= 0.6 is 0 Å². The largest absolute Gasteiger partial charge is 0.393 e. The summed E-state index contributed by atoms with van der Waals surface area (Å²) in [5, 5.41) is 12.7. The van der Waals surface area contributed by atoms with E-state index in [4.69, 9.17) is 0 Å². The molecule has 1 aromatic heterocycles. The fourth-order valence-electron chi connectivity index (χ4n) is 4.66. The standard InChI is InChI=1S/C21H24F3N5/c22-21(23,24)17-13-29(12-15(17)11-28-16-4-2-1-3-5-16)18-7-6-14(10-25)19-20(18)27-9-8-26-19/h6-9,15-17,28H,1-5,11-13H2/t15-,17-/m0/s1. The normalized spacial score (nSPS) is 23.4. The Labute approximate surface area is 167 Å². The predicted molar refractivity (Wildman–Crippen MR) is 104 cm³/mol. The molecule has 2 aliphatic rings. The maximum atomic E-state index is 13.8. The van der Waals surface area contributed by atoms with Crippen molar-refractivity contribution in [3.05, 3.63) is 30.1 Å². The predicted octanol–water partition coefficient (Wildman–Crippen LogP) is 4.04.